The van der Waals surface area contributed by atoms with Crippen LogP contribution < -0.4 is 5.32 Å². The summed E-state index contributed by atoms with van der Waals surface area (Å²) in [5.74, 6) is 0.208. The zero-order valence-corrected chi connectivity index (χ0v) is 22.0. The Morgan fingerprint density at radius 3 is 2.53 bits per heavy atom. The van der Waals surface area contributed by atoms with Gasteiger partial charge in [0, 0.05) is 30.4 Å². The van der Waals surface area contributed by atoms with Crippen molar-refractivity contribution >= 4 is 17.7 Å². The van der Waals surface area contributed by atoms with E-state index in [1.54, 1.807) is 18.0 Å². The zero-order valence-electron chi connectivity index (χ0n) is 21.1. The van der Waals surface area contributed by atoms with Crippen LogP contribution in [0.25, 0.3) is 0 Å². The van der Waals surface area contributed by atoms with Crippen molar-refractivity contribution in [2.24, 2.45) is 17.8 Å². The van der Waals surface area contributed by atoms with E-state index in [-0.39, 0.29) is 30.7 Å². The Balaban J connectivity index is 1.37. The van der Waals surface area contributed by atoms with Crippen molar-refractivity contribution < 1.29 is 18.0 Å². The summed E-state index contributed by atoms with van der Waals surface area (Å²) in [5, 5.41) is 2.93. The molecule has 196 valence electrons. The molecule has 4 rings (SSSR count). The van der Waals surface area contributed by atoms with Crippen LogP contribution in [0, 0.1) is 17.8 Å². The van der Waals surface area contributed by atoms with E-state index < -0.39 is 12.1 Å². The Bertz CT molecular complexity index is 1040. The highest BCUT2D eigenvalue weighted by molar-refractivity contribution is 7.99. The minimum Gasteiger partial charge on any atom is -0.346 e. The molecule has 9 heteroatoms. The monoisotopic (exact) mass is 520 g/mol. The average molecular weight is 521 g/mol. The molecule has 1 atom stereocenters. The molecule has 1 amide bonds. The van der Waals surface area contributed by atoms with Crippen molar-refractivity contribution in [3.05, 3.63) is 53.1 Å². The third kappa shape index (κ3) is 6.40. The Morgan fingerprint density at radius 2 is 1.92 bits per heavy atom. The lowest BCUT2D eigenvalue weighted by Crippen LogP contribution is -2.35. The minimum absolute atomic E-state index is 0.112. The van der Waals surface area contributed by atoms with Gasteiger partial charge in [-0.15, -0.1) is 11.8 Å². The highest BCUT2D eigenvalue weighted by Crippen LogP contribution is 2.43. The van der Waals surface area contributed by atoms with Crippen LogP contribution in [0.1, 0.15) is 79.8 Å². The lowest BCUT2D eigenvalue weighted by Gasteiger charge is -2.35. The van der Waals surface area contributed by atoms with Gasteiger partial charge < -0.3 is 5.32 Å². The number of thioether (sulfide) groups is 1. The predicted octanol–water partition coefficient (Wildman–Crippen LogP) is 6.40. The van der Waals surface area contributed by atoms with E-state index in [0.29, 0.717) is 37.4 Å². The van der Waals surface area contributed by atoms with E-state index in [1.165, 1.54) is 0 Å². The first-order valence-electron chi connectivity index (χ1n) is 12.8. The van der Waals surface area contributed by atoms with E-state index in [1.807, 2.05) is 24.4 Å². The molecule has 1 unspecified atom stereocenters. The summed E-state index contributed by atoms with van der Waals surface area (Å²) in [4.78, 5) is 25.4. The molecule has 1 fully saturated rings. The van der Waals surface area contributed by atoms with E-state index in [9.17, 15) is 18.0 Å². The highest BCUT2D eigenvalue weighted by Gasteiger charge is 2.42. The number of nitrogens with one attached hydrogen (secondary N) is 1. The number of nitrogens with zero attached hydrogens (tertiary/aromatic N) is 3. The quantitative estimate of drug-likeness (QED) is 0.408. The van der Waals surface area contributed by atoms with Crippen molar-refractivity contribution in [2.75, 3.05) is 12.3 Å². The maximum absolute atomic E-state index is 13.1. The van der Waals surface area contributed by atoms with Crippen LogP contribution in [0.2, 0.25) is 0 Å². The molecule has 1 N–H and O–H groups in total. The number of pyridine rings is 2. The first-order chi connectivity index (χ1) is 17.2. The molecule has 2 aromatic heterocycles. The van der Waals surface area contributed by atoms with Crippen molar-refractivity contribution in [1.82, 2.24) is 20.2 Å². The topological polar surface area (TPSA) is 58.1 Å². The van der Waals surface area contributed by atoms with Crippen LogP contribution in [0.15, 0.2) is 35.5 Å². The standard InChI is InChI=1S/C27H35F3N4OS/c1-4-36-23-10-9-22(31-14-23)13-33-26(35)19-11-20-16-34(25(17(2)3)24(20)32-12-19)15-18-5-7-21(8-6-18)27(28,29)30/h9-12,14,17-18,21,25H,4-8,13,15-16H2,1-3H3,(H,33,35). The van der Waals surface area contributed by atoms with Gasteiger partial charge in [0.05, 0.1) is 35.5 Å². The van der Waals surface area contributed by atoms with Crippen molar-refractivity contribution in [2.45, 2.75) is 76.7 Å². The molecule has 1 aliphatic carbocycles. The van der Waals surface area contributed by atoms with E-state index in [2.05, 4.69) is 41.0 Å². The molecule has 36 heavy (non-hydrogen) atoms. The van der Waals surface area contributed by atoms with Crippen LogP contribution in [-0.4, -0.2) is 39.2 Å². The summed E-state index contributed by atoms with van der Waals surface area (Å²) in [5.41, 5.74) is 3.33. The second kappa shape index (κ2) is 11.5. The van der Waals surface area contributed by atoms with Crippen LogP contribution in [0.4, 0.5) is 13.2 Å². The van der Waals surface area contributed by atoms with E-state index >= 15 is 0 Å². The second-order valence-electron chi connectivity index (χ2n) is 10.2. The van der Waals surface area contributed by atoms with Crippen LogP contribution in [0.5, 0.6) is 0 Å². The fourth-order valence-corrected chi connectivity index (χ4v) is 6.11. The Hall–Kier alpha value is -2.13. The Kier molecular flexibility index (Phi) is 8.60. The lowest BCUT2D eigenvalue weighted by atomic mass is 9.81. The number of fused-ring (bicyclic) bond motifs is 1. The van der Waals surface area contributed by atoms with Gasteiger partial charge in [0.2, 0.25) is 0 Å². The van der Waals surface area contributed by atoms with Gasteiger partial charge in [0.25, 0.3) is 5.91 Å². The third-order valence-electron chi connectivity index (χ3n) is 7.28. The molecular formula is C27H35F3N4OS. The van der Waals surface area contributed by atoms with Crippen molar-refractivity contribution in [3.63, 3.8) is 0 Å². The maximum atomic E-state index is 13.1. The molecular weight excluding hydrogens is 485 g/mol. The molecule has 5 nitrogen and oxygen atoms in total. The van der Waals surface area contributed by atoms with Crippen molar-refractivity contribution in [3.8, 4) is 0 Å². The van der Waals surface area contributed by atoms with Gasteiger partial charge in [-0.1, -0.05) is 20.8 Å². The molecule has 2 aromatic rings. The Labute approximate surface area is 215 Å². The van der Waals surface area contributed by atoms with Crippen LogP contribution in [-0.2, 0) is 13.1 Å². The number of hydrogen-bond donors (Lipinski definition) is 1. The van der Waals surface area contributed by atoms with Gasteiger partial charge in [-0.05, 0) is 67.0 Å². The van der Waals surface area contributed by atoms with Gasteiger partial charge in [-0.3, -0.25) is 19.7 Å². The smallest absolute Gasteiger partial charge is 0.346 e. The van der Waals surface area contributed by atoms with Gasteiger partial charge in [0.15, 0.2) is 0 Å². The van der Waals surface area contributed by atoms with Crippen LogP contribution >= 0.6 is 11.8 Å². The lowest BCUT2D eigenvalue weighted by molar-refractivity contribution is -0.184. The molecule has 0 radical (unpaired) electrons. The third-order valence-corrected chi connectivity index (χ3v) is 8.15. The SMILES string of the molecule is CCSc1ccc(CNC(=O)c2cnc3c(c2)CN(CC2CCC(C(F)(F)F)CC2)C3C(C)C)nc1. The van der Waals surface area contributed by atoms with Crippen molar-refractivity contribution in [1.29, 1.82) is 0 Å². The Morgan fingerprint density at radius 1 is 1.17 bits per heavy atom. The van der Waals surface area contributed by atoms with E-state index in [0.717, 1.165) is 34.1 Å². The highest BCUT2D eigenvalue weighted by atomic mass is 32.2. The number of hydrogen-bond acceptors (Lipinski definition) is 5. The molecule has 2 aliphatic rings. The minimum atomic E-state index is -4.08. The average Bonchev–Trinajstić information content (AvgIpc) is 3.20. The first-order valence-corrected chi connectivity index (χ1v) is 13.8. The molecule has 1 aliphatic heterocycles. The fraction of sp³-hybridized carbons (Fsp3) is 0.593. The summed E-state index contributed by atoms with van der Waals surface area (Å²) in [6.07, 6.45) is 1.03. The fourth-order valence-electron chi connectivity index (χ4n) is 5.49. The predicted molar refractivity (Wildman–Crippen MR) is 136 cm³/mol. The number of halogens is 3. The number of carbonyl (C=O) groups is 1. The van der Waals surface area contributed by atoms with Crippen LogP contribution in [0.3, 0.4) is 0 Å². The summed E-state index contributed by atoms with van der Waals surface area (Å²) >= 11 is 1.72. The molecule has 0 aromatic carbocycles. The zero-order chi connectivity index (χ0) is 25.9. The summed E-state index contributed by atoms with van der Waals surface area (Å²) in [7, 11) is 0. The van der Waals surface area contributed by atoms with Gasteiger partial charge in [-0.25, -0.2) is 0 Å². The number of alkyl halides is 3. The normalized spacial score (nSPS) is 22.6. The maximum Gasteiger partial charge on any atom is 0.391 e. The second-order valence-corrected chi connectivity index (χ2v) is 11.6. The largest absolute Gasteiger partial charge is 0.391 e. The van der Waals surface area contributed by atoms with Gasteiger partial charge in [-0.2, -0.15) is 13.2 Å². The molecule has 0 saturated heterocycles. The molecule has 3 heterocycles. The summed E-state index contributed by atoms with van der Waals surface area (Å²) < 4.78 is 39.2. The number of rotatable bonds is 8. The number of carbonyl (C=O) groups excluding carboxylic acids is 1. The number of amides is 1. The van der Waals surface area contributed by atoms with Gasteiger partial charge >= 0.3 is 6.18 Å². The first kappa shape index (κ1) is 26.9. The molecule has 0 spiro atoms. The van der Waals surface area contributed by atoms with E-state index in [4.69, 9.17) is 0 Å². The molecule has 1 saturated carbocycles. The summed E-state index contributed by atoms with van der Waals surface area (Å²) in [6, 6.07) is 5.96. The number of aromatic nitrogens is 2. The van der Waals surface area contributed by atoms with Gasteiger partial charge in [0.1, 0.15) is 0 Å². The summed E-state index contributed by atoms with van der Waals surface area (Å²) in [6.45, 7) is 8.16. The molecule has 0 bridgehead atoms.